The second-order valence-electron chi connectivity index (χ2n) is 6.25. The molecule has 6 heteroatoms. The second kappa shape index (κ2) is 7.66. The molecule has 134 valence electrons. The summed E-state index contributed by atoms with van der Waals surface area (Å²) in [5, 5.41) is 7.41. The van der Waals surface area contributed by atoms with Crippen molar-refractivity contribution < 1.29 is 4.39 Å². The van der Waals surface area contributed by atoms with Gasteiger partial charge in [-0.1, -0.05) is 18.2 Å². The molecule has 0 radical (unpaired) electrons. The maximum atomic E-state index is 13.2. The smallest absolute Gasteiger partial charge is 0.251 e. The van der Waals surface area contributed by atoms with Gasteiger partial charge >= 0.3 is 0 Å². The van der Waals surface area contributed by atoms with Gasteiger partial charge in [0, 0.05) is 23.2 Å². The van der Waals surface area contributed by atoms with Crippen LogP contribution in [0.1, 0.15) is 16.7 Å². The van der Waals surface area contributed by atoms with E-state index in [4.69, 9.17) is 12.2 Å². The molecule has 0 aliphatic heterocycles. The number of aromatic amines is 1. The minimum Gasteiger partial charge on any atom is -0.362 e. The first-order valence-electron chi connectivity index (χ1n) is 8.36. The molecule has 1 heterocycles. The van der Waals surface area contributed by atoms with E-state index in [0.717, 1.165) is 22.0 Å². The van der Waals surface area contributed by atoms with Gasteiger partial charge in [-0.05, 0) is 67.9 Å². The van der Waals surface area contributed by atoms with Crippen LogP contribution in [0.2, 0.25) is 0 Å². The van der Waals surface area contributed by atoms with Crippen molar-refractivity contribution >= 4 is 33.9 Å². The van der Waals surface area contributed by atoms with E-state index in [1.807, 2.05) is 26.0 Å². The van der Waals surface area contributed by atoms with Gasteiger partial charge in [0.05, 0.1) is 5.52 Å². The number of aromatic nitrogens is 1. The van der Waals surface area contributed by atoms with Gasteiger partial charge in [-0.15, -0.1) is 0 Å². The molecular weight excluding hydrogens is 349 g/mol. The van der Waals surface area contributed by atoms with Crippen LogP contribution < -0.4 is 16.2 Å². The van der Waals surface area contributed by atoms with E-state index in [0.29, 0.717) is 29.3 Å². The van der Waals surface area contributed by atoms with Crippen molar-refractivity contribution in [3.63, 3.8) is 0 Å². The maximum Gasteiger partial charge on any atom is 0.251 e. The number of benzene rings is 2. The quantitative estimate of drug-likeness (QED) is 0.612. The molecule has 3 N–H and O–H groups in total. The molecule has 4 nitrogen and oxygen atoms in total. The van der Waals surface area contributed by atoms with Crippen LogP contribution in [0.4, 0.5) is 10.1 Å². The zero-order valence-electron chi connectivity index (χ0n) is 14.7. The zero-order valence-corrected chi connectivity index (χ0v) is 15.5. The summed E-state index contributed by atoms with van der Waals surface area (Å²) >= 11 is 5.21. The number of pyridine rings is 1. The van der Waals surface area contributed by atoms with Crippen LogP contribution in [0.5, 0.6) is 0 Å². The Labute approximate surface area is 156 Å². The third-order valence-corrected chi connectivity index (χ3v) is 4.53. The number of halogens is 1. The molecular formula is C20H20FN3OS. The Morgan fingerprint density at radius 2 is 1.92 bits per heavy atom. The third-order valence-electron chi connectivity index (χ3n) is 4.28. The molecule has 0 unspecified atom stereocenters. The maximum absolute atomic E-state index is 13.2. The number of H-pyrrole nitrogens is 1. The molecule has 0 aliphatic carbocycles. The monoisotopic (exact) mass is 369 g/mol. The van der Waals surface area contributed by atoms with E-state index in [2.05, 4.69) is 21.7 Å². The van der Waals surface area contributed by atoms with Crippen molar-refractivity contribution in [2.75, 3.05) is 11.9 Å². The standard InChI is InChI=1S/C20H20FN3OS/c1-12-6-7-13(2)18-17(12)10-14(19(25)24-18)8-9-22-20(26)23-16-5-3-4-15(21)11-16/h3-7,10-11H,8-9H2,1-2H3,(H,24,25)(H2,22,23,26). The molecule has 3 aromatic rings. The average molecular weight is 369 g/mol. The average Bonchev–Trinajstić information content (AvgIpc) is 2.59. The number of anilines is 1. The summed E-state index contributed by atoms with van der Waals surface area (Å²) in [4.78, 5) is 15.3. The number of hydrogen-bond acceptors (Lipinski definition) is 2. The Bertz CT molecular complexity index is 1030. The van der Waals surface area contributed by atoms with Crippen LogP contribution in [0.3, 0.4) is 0 Å². The van der Waals surface area contributed by atoms with E-state index in [-0.39, 0.29) is 11.4 Å². The number of rotatable bonds is 4. The van der Waals surface area contributed by atoms with Crippen LogP contribution in [0.15, 0.2) is 47.3 Å². The minimum atomic E-state index is -0.328. The minimum absolute atomic E-state index is 0.0861. The fraction of sp³-hybridized carbons (Fsp3) is 0.200. The molecule has 26 heavy (non-hydrogen) atoms. The second-order valence-corrected chi connectivity index (χ2v) is 6.66. The van der Waals surface area contributed by atoms with Crippen LogP contribution in [-0.4, -0.2) is 16.6 Å². The number of nitrogens with one attached hydrogen (secondary N) is 3. The summed E-state index contributed by atoms with van der Waals surface area (Å²) in [7, 11) is 0. The highest BCUT2D eigenvalue weighted by Gasteiger charge is 2.07. The predicted octanol–water partition coefficient (Wildman–Crippen LogP) is 3.81. The Hall–Kier alpha value is -2.73. The lowest BCUT2D eigenvalue weighted by atomic mass is 10.0. The lowest BCUT2D eigenvalue weighted by molar-refractivity contribution is 0.628. The molecule has 0 atom stereocenters. The van der Waals surface area contributed by atoms with Crippen LogP contribution in [-0.2, 0) is 6.42 Å². The first-order chi connectivity index (χ1) is 12.4. The van der Waals surface area contributed by atoms with Gasteiger partial charge < -0.3 is 15.6 Å². The largest absolute Gasteiger partial charge is 0.362 e. The van der Waals surface area contributed by atoms with E-state index in [1.54, 1.807) is 12.1 Å². The van der Waals surface area contributed by atoms with Gasteiger partial charge in [-0.25, -0.2) is 4.39 Å². The molecule has 0 aliphatic rings. The number of fused-ring (bicyclic) bond motifs is 1. The molecule has 0 spiro atoms. The van der Waals surface area contributed by atoms with Crippen molar-refractivity contribution in [2.45, 2.75) is 20.3 Å². The summed E-state index contributed by atoms with van der Waals surface area (Å²) < 4.78 is 13.2. The predicted molar refractivity (Wildman–Crippen MR) is 108 cm³/mol. The van der Waals surface area contributed by atoms with Crippen LogP contribution >= 0.6 is 12.2 Å². The summed E-state index contributed by atoms with van der Waals surface area (Å²) in [5.41, 5.74) is 4.25. The van der Waals surface area contributed by atoms with Crippen molar-refractivity contribution in [1.82, 2.24) is 10.3 Å². The number of hydrogen-bond donors (Lipinski definition) is 3. The molecule has 0 amide bonds. The fourth-order valence-electron chi connectivity index (χ4n) is 2.86. The SMILES string of the molecule is Cc1ccc(C)c2[nH]c(=O)c(CCNC(=S)Nc3cccc(F)c3)cc12. The molecule has 3 rings (SSSR count). The molecule has 1 aromatic heterocycles. The molecule has 0 bridgehead atoms. The Morgan fingerprint density at radius 3 is 2.69 bits per heavy atom. The normalized spacial score (nSPS) is 10.7. The zero-order chi connectivity index (χ0) is 18.7. The summed E-state index contributed by atoms with van der Waals surface area (Å²) in [6.45, 7) is 4.51. The van der Waals surface area contributed by atoms with Gasteiger partial charge in [0.25, 0.3) is 5.56 Å². The molecule has 0 fully saturated rings. The van der Waals surface area contributed by atoms with Gasteiger partial charge in [-0.3, -0.25) is 4.79 Å². The van der Waals surface area contributed by atoms with Gasteiger partial charge in [-0.2, -0.15) is 0 Å². The van der Waals surface area contributed by atoms with Crippen LogP contribution in [0.25, 0.3) is 10.9 Å². The van der Waals surface area contributed by atoms with Crippen molar-refractivity contribution in [3.8, 4) is 0 Å². The highest BCUT2D eigenvalue weighted by molar-refractivity contribution is 7.80. The van der Waals surface area contributed by atoms with E-state index >= 15 is 0 Å². The topological polar surface area (TPSA) is 56.9 Å². The highest BCUT2D eigenvalue weighted by Crippen LogP contribution is 2.19. The van der Waals surface area contributed by atoms with Gasteiger partial charge in [0.1, 0.15) is 5.82 Å². The fourth-order valence-corrected chi connectivity index (χ4v) is 3.08. The summed E-state index contributed by atoms with van der Waals surface area (Å²) in [6, 6.07) is 12.1. The summed E-state index contributed by atoms with van der Waals surface area (Å²) in [5.74, 6) is -0.328. The number of thiocarbonyl (C=S) groups is 1. The van der Waals surface area contributed by atoms with Gasteiger partial charge in [0.2, 0.25) is 0 Å². The lowest BCUT2D eigenvalue weighted by Gasteiger charge is -2.11. The molecule has 2 aromatic carbocycles. The Morgan fingerprint density at radius 1 is 1.15 bits per heavy atom. The van der Waals surface area contributed by atoms with E-state index < -0.39 is 0 Å². The van der Waals surface area contributed by atoms with Gasteiger partial charge in [0.15, 0.2) is 5.11 Å². The summed E-state index contributed by atoms with van der Waals surface area (Å²) in [6.07, 6.45) is 0.531. The Kier molecular flexibility index (Phi) is 5.32. The first-order valence-corrected chi connectivity index (χ1v) is 8.77. The lowest BCUT2D eigenvalue weighted by Crippen LogP contribution is -2.31. The van der Waals surface area contributed by atoms with Crippen molar-refractivity contribution in [3.05, 3.63) is 75.3 Å². The van der Waals surface area contributed by atoms with Crippen molar-refractivity contribution in [1.29, 1.82) is 0 Å². The number of aryl methyl sites for hydroxylation is 2. The third kappa shape index (κ3) is 4.08. The van der Waals surface area contributed by atoms with E-state index in [1.165, 1.54) is 12.1 Å². The highest BCUT2D eigenvalue weighted by atomic mass is 32.1. The van der Waals surface area contributed by atoms with Crippen molar-refractivity contribution in [2.24, 2.45) is 0 Å². The first kappa shape index (κ1) is 18.1. The molecule has 0 saturated heterocycles. The Balaban J connectivity index is 1.66. The molecule has 0 saturated carbocycles. The van der Waals surface area contributed by atoms with Crippen LogP contribution in [0, 0.1) is 19.7 Å². The van der Waals surface area contributed by atoms with E-state index in [9.17, 15) is 9.18 Å².